The Hall–Kier alpha value is -1.90. The molecule has 27 heavy (non-hydrogen) atoms. The number of para-hydroxylation sites is 1. The van der Waals surface area contributed by atoms with Crippen molar-refractivity contribution in [3.8, 4) is 0 Å². The molecule has 1 aromatic rings. The second kappa shape index (κ2) is 6.92. The monoisotopic (exact) mass is 395 g/mol. The lowest BCUT2D eigenvalue weighted by Gasteiger charge is -2.33. The van der Waals surface area contributed by atoms with E-state index in [-0.39, 0.29) is 23.8 Å². The van der Waals surface area contributed by atoms with Gasteiger partial charge in [-0.1, -0.05) is 39.0 Å². The smallest absolute Gasteiger partial charge is 0.332 e. The summed E-state index contributed by atoms with van der Waals surface area (Å²) in [5.41, 5.74) is 0.809. The van der Waals surface area contributed by atoms with Gasteiger partial charge in [0.2, 0.25) is 10.0 Å². The van der Waals surface area contributed by atoms with E-state index in [1.54, 1.807) is 12.1 Å². The van der Waals surface area contributed by atoms with Crippen LogP contribution in [-0.2, 0) is 29.7 Å². The molecule has 7 nitrogen and oxygen atoms in total. The van der Waals surface area contributed by atoms with Crippen molar-refractivity contribution < 1.29 is 27.8 Å². The van der Waals surface area contributed by atoms with E-state index in [1.165, 1.54) is 6.08 Å². The minimum Gasteiger partial charge on any atom is -0.478 e. The lowest BCUT2D eigenvalue weighted by molar-refractivity contribution is -0.138. The van der Waals surface area contributed by atoms with Crippen LogP contribution in [0, 0.1) is 0 Å². The zero-order chi connectivity index (χ0) is 19.9. The number of carboxylic acids is 1. The third-order valence-corrected chi connectivity index (χ3v) is 6.61. The van der Waals surface area contributed by atoms with Gasteiger partial charge < -0.3 is 14.6 Å². The van der Waals surface area contributed by atoms with Gasteiger partial charge in [0.25, 0.3) is 0 Å². The van der Waals surface area contributed by atoms with E-state index in [4.69, 9.17) is 9.47 Å². The van der Waals surface area contributed by atoms with Crippen molar-refractivity contribution in [1.29, 1.82) is 0 Å². The largest absolute Gasteiger partial charge is 0.478 e. The number of hydrogen-bond acceptors (Lipinski definition) is 5. The summed E-state index contributed by atoms with van der Waals surface area (Å²) in [5.74, 6) is -2.41. The Morgan fingerprint density at radius 1 is 1.22 bits per heavy atom. The number of hydrogen-bond donors (Lipinski definition) is 2. The summed E-state index contributed by atoms with van der Waals surface area (Å²) in [7, 11) is -3.97. The summed E-state index contributed by atoms with van der Waals surface area (Å²) >= 11 is 0. The SMILES string of the molecule is CC(C)(C)c1ccccc1NS(=O)(=O)C1CCC2(C=C1C(=O)O)OCCO2. The average molecular weight is 395 g/mol. The third-order valence-electron chi connectivity index (χ3n) is 4.86. The van der Waals surface area contributed by atoms with Gasteiger partial charge in [-0.2, -0.15) is 0 Å². The average Bonchev–Trinajstić information content (AvgIpc) is 3.01. The molecule has 0 amide bonds. The van der Waals surface area contributed by atoms with Gasteiger partial charge in [-0.25, -0.2) is 13.2 Å². The van der Waals surface area contributed by atoms with Crippen LogP contribution in [0.15, 0.2) is 35.9 Å². The van der Waals surface area contributed by atoms with Crippen molar-refractivity contribution in [3.05, 3.63) is 41.5 Å². The molecule has 148 valence electrons. The fraction of sp³-hybridized carbons (Fsp3) is 0.526. The molecule has 1 aliphatic carbocycles. The van der Waals surface area contributed by atoms with E-state index >= 15 is 0 Å². The number of aliphatic carboxylic acids is 1. The Morgan fingerprint density at radius 2 is 1.85 bits per heavy atom. The minimum atomic E-state index is -3.97. The van der Waals surface area contributed by atoms with Crippen molar-refractivity contribution in [2.24, 2.45) is 0 Å². The van der Waals surface area contributed by atoms with Crippen LogP contribution < -0.4 is 4.72 Å². The van der Waals surface area contributed by atoms with E-state index in [2.05, 4.69) is 4.72 Å². The highest BCUT2D eigenvalue weighted by Crippen LogP contribution is 2.38. The Bertz CT molecular complexity index is 862. The van der Waals surface area contributed by atoms with E-state index < -0.39 is 27.0 Å². The number of rotatable bonds is 4. The predicted octanol–water partition coefficient (Wildman–Crippen LogP) is 2.64. The summed E-state index contributed by atoms with van der Waals surface area (Å²) < 4.78 is 39.8. The summed E-state index contributed by atoms with van der Waals surface area (Å²) in [6.45, 7) is 6.68. The van der Waals surface area contributed by atoms with Gasteiger partial charge in [-0.3, -0.25) is 4.72 Å². The third kappa shape index (κ3) is 4.02. The molecule has 8 heteroatoms. The van der Waals surface area contributed by atoms with Crippen LogP contribution in [0.4, 0.5) is 5.69 Å². The normalized spacial score (nSPS) is 22.5. The molecule has 3 rings (SSSR count). The van der Waals surface area contributed by atoms with Crippen LogP contribution in [0.2, 0.25) is 0 Å². The minimum absolute atomic E-state index is 0.102. The number of benzene rings is 1. The van der Waals surface area contributed by atoms with Gasteiger partial charge >= 0.3 is 5.97 Å². The van der Waals surface area contributed by atoms with Crippen molar-refractivity contribution in [3.63, 3.8) is 0 Å². The molecule has 1 aliphatic heterocycles. The number of carboxylic acid groups (broad SMARTS) is 1. The number of anilines is 1. The first kappa shape index (κ1) is 19.9. The second-order valence-electron chi connectivity index (χ2n) is 7.88. The quantitative estimate of drug-likeness (QED) is 0.813. The maximum absolute atomic E-state index is 13.1. The van der Waals surface area contributed by atoms with Gasteiger partial charge in [0.1, 0.15) is 5.25 Å². The first-order valence-corrected chi connectivity index (χ1v) is 10.4. The Balaban J connectivity index is 1.95. The van der Waals surface area contributed by atoms with Crippen LogP contribution in [0.5, 0.6) is 0 Å². The van der Waals surface area contributed by atoms with Gasteiger partial charge in [-0.05, 0) is 29.5 Å². The highest BCUT2D eigenvalue weighted by Gasteiger charge is 2.45. The van der Waals surface area contributed by atoms with Gasteiger partial charge in [0.05, 0.1) is 24.5 Å². The summed E-state index contributed by atoms with van der Waals surface area (Å²) in [4.78, 5) is 11.8. The zero-order valence-electron chi connectivity index (χ0n) is 15.7. The Kier molecular flexibility index (Phi) is 5.09. The zero-order valence-corrected chi connectivity index (χ0v) is 16.5. The van der Waals surface area contributed by atoms with Crippen LogP contribution >= 0.6 is 0 Å². The van der Waals surface area contributed by atoms with Gasteiger partial charge in [-0.15, -0.1) is 0 Å². The molecule has 1 aromatic carbocycles. The first-order chi connectivity index (χ1) is 12.5. The highest BCUT2D eigenvalue weighted by molar-refractivity contribution is 7.93. The fourth-order valence-corrected chi connectivity index (χ4v) is 5.12. The molecule has 1 fully saturated rings. The molecular weight excluding hydrogens is 370 g/mol. The van der Waals surface area contributed by atoms with Crippen molar-refractivity contribution in [2.45, 2.75) is 50.1 Å². The topological polar surface area (TPSA) is 102 Å². The highest BCUT2D eigenvalue weighted by atomic mass is 32.2. The van der Waals surface area contributed by atoms with E-state index in [0.29, 0.717) is 18.9 Å². The summed E-state index contributed by atoms with van der Waals surface area (Å²) in [6.07, 6.45) is 1.70. The fourth-order valence-electron chi connectivity index (χ4n) is 3.56. The first-order valence-electron chi connectivity index (χ1n) is 8.89. The Morgan fingerprint density at radius 3 is 2.44 bits per heavy atom. The molecule has 1 unspecified atom stereocenters. The van der Waals surface area contributed by atoms with Gasteiger partial charge in [0, 0.05) is 6.42 Å². The molecule has 1 saturated heterocycles. The molecule has 0 saturated carbocycles. The molecule has 1 spiro atoms. The molecule has 0 bridgehead atoms. The number of sulfonamides is 1. The van der Waals surface area contributed by atoms with Crippen molar-refractivity contribution >= 4 is 21.7 Å². The predicted molar refractivity (Wildman–Crippen MR) is 101 cm³/mol. The van der Waals surface area contributed by atoms with Crippen LogP contribution in [-0.4, -0.2) is 43.7 Å². The second-order valence-corrected chi connectivity index (χ2v) is 9.75. The van der Waals surface area contributed by atoms with Crippen molar-refractivity contribution in [2.75, 3.05) is 17.9 Å². The lowest BCUT2D eigenvalue weighted by Crippen LogP contribution is -2.42. The molecular formula is C19H25NO6S. The van der Waals surface area contributed by atoms with E-state index in [0.717, 1.165) is 5.56 Å². The number of nitrogens with one attached hydrogen (secondary N) is 1. The van der Waals surface area contributed by atoms with Gasteiger partial charge in [0.15, 0.2) is 5.79 Å². The lowest BCUT2D eigenvalue weighted by atomic mass is 9.86. The molecule has 0 aromatic heterocycles. The summed E-state index contributed by atoms with van der Waals surface area (Å²) in [6, 6.07) is 7.15. The van der Waals surface area contributed by atoms with Crippen LogP contribution in [0.1, 0.15) is 39.2 Å². The molecule has 0 radical (unpaired) electrons. The van der Waals surface area contributed by atoms with E-state index in [1.807, 2.05) is 32.9 Å². The standard InChI is InChI=1S/C19H25NO6S/c1-18(2,3)14-6-4-5-7-15(14)20-27(23,24)16-8-9-19(25-10-11-26-19)12-13(16)17(21)22/h4-7,12,16,20H,8-11H2,1-3H3,(H,21,22). The summed E-state index contributed by atoms with van der Waals surface area (Å²) in [5, 5.41) is 8.41. The molecule has 1 atom stereocenters. The molecule has 2 N–H and O–H groups in total. The van der Waals surface area contributed by atoms with E-state index in [9.17, 15) is 18.3 Å². The Labute approximate surface area is 159 Å². The van der Waals surface area contributed by atoms with Crippen molar-refractivity contribution in [1.82, 2.24) is 0 Å². The van der Waals surface area contributed by atoms with Crippen LogP contribution in [0.3, 0.4) is 0 Å². The molecule has 1 heterocycles. The maximum atomic E-state index is 13.1. The molecule has 2 aliphatic rings. The number of carbonyl (C=O) groups is 1. The maximum Gasteiger partial charge on any atom is 0.332 e. The van der Waals surface area contributed by atoms with Crippen LogP contribution in [0.25, 0.3) is 0 Å². The number of ether oxygens (including phenoxy) is 2.